The summed E-state index contributed by atoms with van der Waals surface area (Å²) in [7, 11) is -4.03. The molecule has 3 rings (SSSR count). The van der Waals surface area contributed by atoms with Gasteiger partial charge in [-0.2, -0.15) is 0 Å². The molecule has 0 spiro atoms. The van der Waals surface area contributed by atoms with Crippen molar-refractivity contribution >= 4 is 33.2 Å². The number of hydrogen-bond donors (Lipinski definition) is 1. The molecule has 3 aromatic rings. The molecule has 1 N–H and O–H groups in total. The molecule has 6 nitrogen and oxygen atoms in total. The van der Waals surface area contributed by atoms with Gasteiger partial charge in [0.15, 0.2) is 0 Å². The molecule has 0 bridgehead atoms. The Hall–Kier alpha value is -2.71. The zero-order chi connectivity index (χ0) is 22.2. The molecule has 0 radical (unpaired) electrons. The number of pyridine rings is 1. The van der Waals surface area contributed by atoms with Gasteiger partial charge in [0.1, 0.15) is 21.7 Å². The minimum atomic E-state index is -4.03. The number of sulfone groups is 1. The van der Waals surface area contributed by atoms with Crippen LogP contribution >= 0.6 is 11.6 Å². The van der Waals surface area contributed by atoms with E-state index in [2.05, 4.69) is 10.3 Å². The Morgan fingerprint density at radius 1 is 1.13 bits per heavy atom. The first-order valence-corrected chi connectivity index (χ1v) is 11.0. The Morgan fingerprint density at radius 2 is 1.77 bits per heavy atom. The van der Waals surface area contributed by atoms with Gasteiger partial charge in [-0.25, -0.2) is 17.8 Å². The Labute approximate surface area is 179 Å². The lowest BCUT2D eigenvalue weighted by atomic mass is 10.2. The van der Waals surface area contributed by atoms with E-state index in [1.165, 1.54) is 30.5 Å². The SMILES string of the molecule is Cc1c(S(=O)(=O)c2ccc(F)cc2)c(NC(=O)c2ccc(Cl)nc2)n(C(C)C)c1C. The topological polar surface area (TPSA) is 81.1 Å². The average molecular weight is 450 g/mol. The normalized spacial score (nSPS) is 11.7. The van der Waals surface area contributed by atoms with E-state index in [4.69, 9.17) is 11.6 Å². The van der Waals surface area contributed by atoms with Crippen LogP contribution in [0.3, 0.4) is 0 Å². The average Bonchev–Trinajstić information content (AvgIpc) is 2.93. The highest BCUT2D eigenvalue weighted by Gasteiger charge is 2.31. The molecule has 9 heteroatoms. The predicted molar refractivity (Wildman–Crippen MR) is 113 cm³/mol. The van der Waals surface area contributed by atoms with Crippen LogP contribution in [0.4, 0.5) is 10.2 Å². The van der Waals surface area contributed by atoms with Crippen molar-refractivity contribution in [2.45, 2.75) is 43.5 Å². The number of anilines is 1. The number of amides is 1. The van der Waals surface area contributed by atoms with E-state index in [1.807, 2.05) is 13.8 Å². The molecule has 30 heavy (non-hydrogen) atoms. The van der Waals surface area contributed by atoms with Crippen molar-refractivity contribution in [3.63, 3.8) is 0 Å². The molecule has 0 saturated carbocycles. The van der Waals surface area contributed by atoms with Crippen LogP contribution in [-0.2, 0) is 9.84 Å². The van der Waals surface area contributed by atoms with Crippen LogP contribution in [0.2, 0.25) is 5.15 Å². The van der Waals surface area contributed by atoms with E-state index in [0.717, 1.165) is 12.1 Å². The van der Waals surface area contributed by atoms with Gasteiger partial charge in [-0.15, -0.1) is 0 Å². The molecule has 0 aliphatic rings. The fourth-order valence-corrected chi connectivity index (χ4v) is 5.11. The van der Waals surface area contributed by atoms with Crippen LogP contribution < -0.4 is 5.32 Å². The molecule has 1 amide bonds. The number of carbonyl (C=O) groups is 1. The second kappa shape index (κ2) is 8.20. The quantitative estimate of drug-likeness (QED) is 0.441. The Balaban J connectivity index is 2.18. The zero-order valence-corrected chi connectivity index (χ0v) is 18.5. The zero-order valence-electron chi connectivity index (χ0n) is 16.9. The van der Waals surface area contributed by atoms with Crippen LogP contribution in [0, 0.1) is 19.7 Å². The number of rotatable bonds is 5. The van der Waals surface area contributed by atoms with E-state index in [1.54, 1.807) is 18.4 Å². The predicted octanol–water partition coefficient (Wildman–Crippen LogP) is 4.96. The highest BCUT2D eigenvalue weighted by molar-refractivity contribution is 7.91. The van der Waals surface area contributed by atoms with Gasteiger partial charge in [-0.1, -0.05) is 11.6 Å². The summed E-state index contributed by atoms with van der Waals surface area (Å²) in [5.41, 5.74) is 1.45. The number of carbonyl (C=O) groups excluding carboxylic acids is 1. The third-order valence-electron chi connectivity index (χ3n) is 4.83. The summed E-state index contributed by atoms with van der Waals surface area (Å²) < 4.78 is 41.9. The number of benzene rings is 1. The van der Waals surface area contributed by atoms with Crippen molar-refractivity contribution in [3.8, 4) is 0 Å². The van der Waals surface area contributed by atoms with Gasteiger partial charge in [0.05, 0.1) is 10.5 Å². The summed E-state index contributed by atoms with van der Waals surface area (Å²) in [5.74, 6) is -0.899. The molecule has 0 fully saturated rings. The molecular formula is C21H21ClFN3O3S. The number of hydrogen-bond acceptors (Lipinski definition) is 4. The maximum Gasteiger partial charge on any atom is 0.258 e. The fourth-order valence-electron chi connectivity index (χ4n) is 3.31. The number of nitrogens with zero attached hydrogens (tertiary/aromatic N) is 2. The standard InChI is InChI=1S/C21H21ClFN3O3S/c1-12(2)26-14(4)13(3)19(30(28,29)17-8-6-16(23)7-9-17)20(26)25-21(27)15-5-10-18(22)24-11-15/h5-12H,1-4H3,(H,25,27). The summed E-state index contributed by atoms with van der Waals surface area (Å²) in [6.45, 7) is 7.25. The fraction of sp³-hybridized carbons (Fsp3) is 0.238. The van der Waals surface area contributed by atoms with Gasteiger partial charge in [-0.3, -0.25) is 4.79 Å². The van der Waals surface area contributed by atoms with Crippen LogP contribution in [-0.4, -0.2) is 23.9 Å². The molecule has 0 saturated heterocycles. The lowest BCUT2D eigenvalue weighted by Crippen LogP contribution is -2.19. The summed E-state index contributed by atoms with van der Waals surface area (Å²) in [4.78, 5) is 16.6. The number of nitrogens with one attached hydrogen (secondary N) is 1. The summed E-state index contributed by atoms with van der Waals surface area (Å²) >= 11 is 5.78. The first-order chi connectivity index (χ1) is 14.0. The van der Waals surface area contributed by atoms with Crippen molar-refractivity contribution in [2.24, 2.45) is 0 Å². The van der Waals surface area contributed by atoms with E-state index >= 15 is 0 Å². The lowest BCUT2D eigenvalue weighted by molar-refractivity contribution is 0.102. The monoisotopic (exact) mass is 449 g/mol. The van der Waals surface area contributed by atoms with Crippen molar-refractivity contribution < 1.29 is 17.6 Å². The van der Waals surface area contributed by atoms with E-state index in [9.17, 15) is 17.6 Å². The maximum absolute atomic E-state index is 13.4. The number of aromatic nitrogens is 2. The third kappa shape index (κ3) is 3.97. The van der Waals surface area contributed by atoms with Gasteiger partial charge in [0, 0.05) is 17.9 Å². The first-order valence-electron chi connectivity index (χ1n) is 9.19. The van der Waals surface area contributed by atoms with Crippen LogP contribution in [0.15, 0.2) is 52.4 Å². The molecule has 2 aromatic heterocycles. The van der Waals surface area contributed by atoms with Crippen LogP contribution in [0.25, 0.3) is 0 Å². The van der Waals surface area contributed by atoms with Gasteiger partial charge in [0.25, 0.3) is 5.91 Å². The van der Waals surface area contributed by atoms with Crippen LogP contribution in [0.1, 0.15) is 41.5 Å². The summed E-state index contributed by atoms with van der Waals surface area (Å²) in [5, 5.41) is 2.97. The highest BCUT2D eigenvalue weighted by Crippen LogP contribution is 2.37. The van der Waals surface area contributed by atoms with Crippen molar-refractivity contribution in [2.75, 3.05) is 5.32 Å². The summed E-state index contributed by atoms with van der Waals surface area (Å²) in [6, 6.07) is 7.45. The number of halogens is 2. The minimum absolute atomic E-state index is 0.0180. The lowest BCUT2D eigenvalue weighted by Gasteiger charge is -2.17. The van der Waals surface area contributed by atoms with Gasteiger partial charge in [-0.05, 0) is 69.7 Å². The molecular weight excluding hydrogens is 429 g/mol. The molecule has 0 unspecified atom stereocenters. The first kappa shape index (κ1) is 22.0. The van der Waals surface area contributed by atoms with E-state index < -0.39 is 21.6 Å². The minimum Gasteiger partial charge on any atom is -0.328 e. The van der Waals surface area contributed by atoms with Crippen molar-refractivity contribution in [1.82, 2.24) is 9.55 Å². The van der Waals surface area contributed by atoms with Crippen molar-refractivity contribution in [3.05, 3.63) is 70.4 Å². The van der Waals surface area contributed by atoms with E-state index in [0.29, 0.717) is 11.3 Å². The Kier molecular flexibility index (Phi) is 6.01. The molecule has 2 heterocycles. The van der Waals surface area contributed by atoms with Crippen molar-refractivity contribution in [1.29, 1.82) is 0 Å². The summed E-state index contributed by atoms with van der Waals surface area (Å²) in [6.07, 6.45) is 1.31. The van der Waals surface area contributed by atoms with Gasteiger partial charge in [0.2, 0.25) is 9.84 Å². The molecule has 0 aliphatic carbocycles. The molecule has 0 aliphatic heterocycles. The molecule has 0 atom stereocenters. The van der Waals surface area contributed by atoms with Crippen LogP contribution in [0.5, 0.6) is 0 Å². The second-order valence-electron chi connectivity index (χ2n) is 7.13. The Bertz CT molecular complexity index is 1200. The third-order valence-corrected chi connectivity index (χ3v) is 6.98. The maximum atomic E-state index is 13.4. The van der Waals surface area contributed by atoms with Gasteiger partial charge >= 0.3 is 0 Å². The molecule has 1 aromatic carbocycles. The Morgan fingerprint density at radius 3 is 2.30 bits per heavy atom. The molecule has 158 valence electrons. The van der Waals surface area contributed by atoms with Gasteiger partial charge < -0.3 is 9.88 Å². The smallest absolute Gasteiger partial charge is 0.258 e. The second-order valence-corrected chi connectivity index (χ2v) is 9.41. The highest BCUT2D eigenvalue weighted by atomic mass is 35.5. The van der Waals surface area contributed by atoms with E-state index in [-0.39, 0.29) is 32.4 Å². The largest absolute Gasteiger partial charge is 0.328 e.